The van der Waals surface area contributed by atoms with Gasteiger partial charge in [-0.15, -0.1) is 0 Å². The maximum atomic E-state index is 11.6. The second kappa shape index (κ2) is 6.78. The average Bonchev–Trinajstić information content (AvgIpc) is 2.59. The maximum Gasteiger partial charge on any atom is 0.337 e. The molecule has 0 fully saturated rings. The summed E-state index contributed by atoms with van der Waals surface area (Å²) < 4.78 is 15.0. The van der Waals surface area contributed by atoms with Crippen LogP contribution in [0.15, 0.2) is 36.4 Å². The predicted octanol–water partition coefficient (Wildman–Crippen LogP) is 3.07. The molecule has 7 heteroatoms. The number of esters is 1. The molecule has 0 saturated heterocycles. The molecular weight excluding hydrogens is 302 g/mol. The van der Waals surface area contributed by atoms with Gasteiger partial charge in [-0.1, -0.05) is 12.1 Å². The van der Waals surface area contributed by atoms with Gasteiger partial charge in [0.05, 0.1) is 43.4 Å². The number of hydrogen-bond donors (Lipinski definition) is 0. The fourth-order valence-corrected chi connectivity index (χ4v) is 2.18. The quantitative estimate of drug-likeness (QED) is 0.478. The molecule has 0 aromatic heterocycles. The van der Waals surface area contributed by atoms with Crippen LogP contribution < -0.4 is 9.47 Å². The number of nitro groups is 1. The summed E-state index contributed by atoms with van der Waals surface area (Å²) in [5.41, 5.74) is 0.970. The Morgan fingerprint density at radius 1 is 1.04 bits per heavy atom. The molecule has 23 heavy (non-hydrogen) atoms. The van der Waals surface area contributed by atoms with Gasteiger partial charge in [0.25, 0.3) is 5.69 Å². The van der Waals surface area contributed by atoms with E-state index in [1.807, 2.05) is 0 Å². The van der Waals surface area contributed by atoms with Crippen LogP contribution in [0, 0.1) is 10.1 Å². The first-order valence-corrected chi connectivity index (χ1v) is 6.61. The number of rotatable bonds is 5. The molecule has 0 atom stereocenters. The van der Waals surface area contributed by atoms with Gasteiger partial charge in [-0.05, 0) is 23.8 Å². The molecule has 2 rings (SSSR count). The normalized spacial score (nSPS) is 10.0. The second-order valence-corrected chi connectivity index (χ2v) is 4.55. The number of nitro benzene ring substituents is 1. The van der Waals surface area contributed by atoms with Crippen LogP contribution in [0.1, 0.15) is 10.4 Å². The summed E-state index contributed by atoms with van der Waals surface area (Å²) in [6.45, 7) is 0. The summed E-state index contributed by atoms with van der Waals surface area (Å²) >= 11 is 0. The standard InChI is InChI=1S/C16H15NO6/c1-21-14-8-12(13(17(19)20)9-15(14)22-2)10-5-4-6-11(7-10)16(18)23-3/h4-9H,1-3H3. The van der Waals surface area contributed by atoms with Crippen molar-refractivity contribution in [2.45, 2.75) is 0 Å². The number of benzene rings is 2. The fourth-order valence-electron chi connectivity index (χ4n) is 2.18. The van der Waals surface area contributed by atoms with Crippen molar-refractivity contribution in [3.05, 3.63) is 52.1 Å². The molecule has 0 bridgehead atoms. The summed E-state index contributed by atoms with van der Waals surface area (Å²) in [4.78, 5) is 22.5. The van der Waals surface area contributed by atoms with Gasteiger partial charge >= 0.3 is 5.97 Å². The number of carbonyl (C=O) groups excluding carboxylic acids is 1. The molecule has 0 aliphatic carbocycles. The van der Waals surface area contributed by atoms with E-state index in [1.165, 1.54) is 39.5 Å². The van der Waals surface area contributed by atoms with Crippen LogP contribution in [-0.2, 0) is 4.74 Å². The zero-order chi connectivity index (χ0) is 17.0. The first-order valence-electron chi connectivity index (χ1n) is 6.61. The highest BCUT2D eigenvalue weighted by Gasteiger charge is 2.21. The molecule has 120 valence electrons. The third kappa shape index (κ3) is 3.23. The molecule has 2 aromatic carbocycles. The highest BCUT2D eigenvalue weighted by atomic mass is 16.6. The van der Waals surface area contributed by atoms with Gasteiger partial charge in [0.1, 0.15) is 0 Å². The number of methoxy groups -OCH3 is 3. The summed E-state index contributed by atoms with van der Waals surface area (Å²) in [6, 6.07) is 9.19. The molecule has 0 saturated carbocycles. The Morgan fingerprint density at radius 2 is 1.70 bits per heavy atom. The zero-order valence-corrected chi connectivity index (χ0v) is 12.9. The van der Waals surface area contributed by atoms with Crippen molar-refractivity contribution in [3.8, 4) is 22.6 Å². The molecule has 0 radical (unpaired) electrons. The van der Waals surface area contributed by atoms with Gasteiger partial charge in [0, 0.05) is 0 Å². The van der Waals surface area contributed by atoms with E-state index >= 15 is 0 Å². The SMILES string of the molecule is COC(=O)c1cccc(-c2cc(OC)c(OC)cc2[N+](=O)[O-])c1. The van der Waals surface area contributed by atoms with Gasteiger partial charge < -0.3 is 14.2 Å². The highest BCUT2D eigenvalue weighted by molar-refractivity contribution is 5.91. The number of hydrogen-bond acceptors (Lipinski definition) is 6. The van der Waals surface area contributed by atoms with E-state index in [4.69, 9.17) is 9.47 Å². The molecule has 2 aromatic rings. The lowest BCUT2D eigenvalue weighted by atomic mass is 10.0. The molecule has 0 heterocycles. The highest BCUT2D eigenvalue weighted by Crippen LogP contribution is 2.40. The monoisotopic (exact) mass is 317 g/mol. The number of carbonyl (C=O) groups is 1. The van der Waals surface area contributed by atoms with Crippen molar-refractivity contribution in [2.24, 2.45) is 0 Å². The minimum absolute atomic E-state index is 0.148. The van der Waals surface area contributed by atoms with Crippen LogP contribution in [0.5, 0.6) is 11.5 Å². The van der Waals surface area contributed by atoms with Crippen molar-refractivity contribution in [2.75, 3.05) is 21.3 Å². The molecule has 0 amide bonds. The van der Waals surface area contributed by atoms with Crippen molar-refractivity contribution in [3.63, 3.8) is 0 Å². The van der Waals surface area contributed by atoms with Crippen LogP contribution in [0.4, 0.5) is 5.69 Å². The zero-order valence-electron chi connectivity index (χ0n) is 12.9. The Balaban J connectivity index is 2.66. The van der Waals surface area contributed by atoms with Gasteiger partial charge in [0.15, 0.2) is 11.5 Å². The smallest absolute Gasteiger partial charge is 0.337 e. The van der Waals surface area contributed by atoms with Crippen LogP contribution in [-0.4, -0.2) is 32.2 Å². The third-order valence-electron chi connectivity index (χ3n) is 3.29. The van der Waals surface area contributed by atoms with E-state index in [2.05, 4.69) is 4.74 Å². The van der Waals surface area contributed by atoms with E-state index < -0.39 is 10.9 Å². The van der Waals surface area contributed by atoms with Crippen LogP contribution in [0.2, 0.25) is 0 Å². The Morgan fingerprint density at radius 3 is 2.26 bits per heavy atom. The lowest BCUT2D eigenvalue weighted by Crippen LogP contribution is -2.01. The van der Waals surface area contributed by atoms with Crippen molar-refractivity contribution >= 4 is 11.7 Å². The average molecular weight is 317 g/mol. The Labute approximate surface area is 132 Å². The Bertz CT molecular complexity index is 756. The van der Waals surface area contributed by atoms with Crippen molar-refractivity contribution in [1.82, 2.24) is 0 Å². The minimum Gasteiger partial charge on any atom is -0.493 e. The van der Waals surface area contributed by atoms with Gasteiger partial charge in [0.2, 0.25) is 0 Å². The lowest BCUT2D eigenvalue weighted by Gasteiger charge is -2.11. The second-order valence-electron chi connectivity index (χ2n) is 4.55. The maximum absolute atomic E-state index is 11.6. The Kier molecular flexibility index (Phi) is 4.80. The van der Waals surface area contributed by atoms with Crippen LogP contribution in [0.3, 0.4) is 0 Å². The van der Waals surface area contributed by atoms with Crippen LogP contribution >= 0.6 is 0 Å². The minimum atomic E-state index is -0.519. The van der Waals surface area contributed by atoms with Gasteiger partial charge in [-0.3, -0.25) is 10.1 Å². The molecule has 0 aliphatic rings. The number of ether oxygens (including phenoxy) is 3. The topological polar surface area (TPSA) is 87.9 Å². The molecule has 7 nitrogen and oxygen atoms in total. The lowest BCUT2D eigenvalue weighted by molar-refractivity contribution is -0.384. The summed E-state index contributed by atoms with van der Waals surface area (Å²) in [7, 11) is 4.12. The van der Waals surface area contributed by atoms with E-state index in [0.29, 0.717) is 22.4 Å². The molecule has 0 N–H and O–H groups in total. The van der Waals surface area contributed by atoms with Gasteiger partial charge in [-0.25, -0.2) is 4.79 Å². The fraction of sp³-hybridized carbons (Fsp3) is 0.188. The van der Waals surface area contributed by atoms with Crippen LogP contribution in [0.25, 0.3) is 11.1 Å². The molecule has 0 spiro atoms. The summed E-state index contributed by atoms with van der Waals surface area (Å²) in [5, 5.41) is 11.4. The molecular formula is C16H15NO6. The molecule has 0 aliphatic heterocycles. The van der Waals surface area contributed by atoms with Gasteiger partial charge in [-0.2, -0.15) is 0 Å². The number of nitrogens with zero attached hydrogens (tertiary/aromatic N) is 1. The Hall–Kier alpha value is -3.09. The van der Waals surface area contributed by atoms with Crippen molar-refractivity contribution < 1.29 is 23.9 Å². The van der Waals surface area contributed by atoms with E-state index in [-0.39, 0.29) is 11.4 Å². The van der Waals surface area contributed by atoms with E-state index in [1.54, 1.807) is 18.2 Å². The largest absolute Gasteiger partial charge is 0.493 e. The van der Waals surface area contributed by atoms with E-state index in [0.717, 1.165) is 0 Å². The molecule has 0 unspecified atom stereocenters. The first kappa shape index (κ1) is 16.3. The summed E-state index contributed by atoms with van der Waals surface area (Å²) in [6.07, 6.45) is 0. The predicted molar refractivity (Wildman–Crippen MR) is 83.0 cm³/mol. The first-order chi connectivity index (χ1) is 11.0. The van der Waals surface area contributed by atoms with E-state index in [9.17, 15) is 14.9 Å². The summed E-state index contributed by atoms with van der Waals surface area (Å²) in [5.74, 6) is 0.0959. The van der Waals surface area contributed by atoms with Crippen molar-refractivity contribution in [1.29, 1.82) is 0 Å². The third-order valence-corrected chi connectivity index (χ3v) is 3.29.